The van der Waals surface area contributed by atoms with Crippen molar-refractivity contribution in [2.45, 2.75) is 16.7 Å². The molecule has 2 aliphatic rings. The van der Waals surface area contributed by atoms with Crippen molar-refractivity contribution < 1.29 is 26.4 Å². The van der Waals surface area contributed by atoms with Crippen molar-refractivity contribution in [3.05, 3.63) is 59.7 Å². The third kappa shape index (κ3) is 3.66. The second-order valence-electron chi connectivity index (χ2n) is 7.90. The predicted molar refractivity (Wildman–Crippen MR) is 123 cm³/mol. The lowest BCUT2D eigenvalue weighted by Crippen LogP contribution is -2.40. The molecule has 2 heterocycles. The van der Waals surface area contributed by atoms with E-state index in [-0.39, 0.29) is 34.5 Å². The number of morpholine rings is 1. The van der Waals surface area contributed by atoms with E-state index in [1.165, 1.54) is 22.5 Å². The molecule has 172 valence electrons. The zero-order valence-electron chi connectivity index (χ0n) is 17.7. The topological polar surface area (TPSA) is 122 Å². The molecule has 0 bridgehead atoms. The first-order valence-electron chi connectivity index (χ1n) is 10.3. The lowest BCUT2D eigenvalue weighted by atomic mass is 10.1. The van der Waals surface area contributed by atoms with Crippen molar-refractivity contribution in [1.82, 2.24) is 4.31 Å². The van der Waals surface area contributed by atoms with Crippen LogP contribution in [0.2, 0.25) is 0 Å². The van der Waals surface area contributed by atoms with Gasteiger partial charge < -0.3 is 10.1 Å². The highest BCUT2D eigenvalue weighted by atomic mass is 32.2. The van der Waals surface area contributed by atoms with Gasteiger partial charge >= 0.3 is 0 Å². The van der Waals surface area contributed by atoms with Crippen LogP contribution in [-0.4, -0.2) is 53.4 Å². The zero-order valence-corrected chi connectivity index (χ0v) is 19.3. The summed E-state index contributed by atoms with van der Waals surface area (Å²) < 4.78 is 61.9. The third-order valence-corrected chi connectivity index (χ3v) is 9.29. The van der Waals surface area contributed by atoms with Crippen LogP contribution < -0.4 is 10.0 Å². The maximum absolute atomic E-state index is 13.3. The summed E-state index contributed by atoms with van der Waals surface area (Å²) in [6.07, 6.45) is 0. The Balaban J connectivity index is 1.54. The van der Waals surface area contributed by atoms with Crippen molar-refractivity contribution in [2.24, 2.45) is 0 Å². The summed E-state index contributed by atoms with van der Waals surface area (Å²) in [4.78, 5) is 12.2. The Bertz CT molecular complexity index is 1510. The van der Waals surface area contributed by atoms with Gasteiger partial charge in [0.2, 0.25) is 10.0 Å². The quantitative estimate of drug-likeness (QED) is 0.570. The first-order chi connectivity index (χ1) is 15.7. The third-order valence-electron chi connectivity index (χ3n) is 5.81. The molecule has 0 spiro atoms. The Kier molecular flexibility index (Phi) is 5.16. The van der Waals surface area contributed by atoms with E-state index >= 15 is 0 Å². The number of ether oxygens (including phenoxy) is 1. The van der Waals surface area contributed by atoms with Gasteiger partial charge in [0.25, 0.3) is 15.9 Å². The molecule has 1 amide bonds. The lowest BCUT2D eigenvalue weighted by Gasteiger charge is -2.27. The number of hydrogen-bond acceptors (Lipinski definition) is 6. The van der Waals surface area contributed by atoms with Crippen molar-refractivity contribution in [3.63, 3.8) is 0 Å². The van der Waals surface area contributed by atoms with E-state index in [1.54, 1.807) is 37.3 Å². The van der Waals surface area contributed by atoms with Crippen LogP contribution in [0.3, 0.4) is 0 Å². The molecule has 33 heavy (non-hydrogen) atoms. The van der Waals surface area contributed by atoms with Gasteiger partial charge in [-0.2, -0.15) is 4.31 Å². The molecule has 0 radical (unpaired) electrons. The van der Waals surface area contributed by atoms with Gasteiger partial charge in [0.05, 0.1) is 28.7 Å². The van der Waals surface area contributed by atoms with Gasteiger partial charge in [-0.05, 0) is 42.8 Å². The number of amides is 1. The van der Waals surface area contributed by atoms with Gasteiger partial charge in [0.1, 0.15) is 0 Å². The molecule has 2 aliphatic heterocycles. The number of carbonyl (C=O) groups excluding carboxylic acids is 1. The molecular formula is C22H21N3O6S2. The highest BCUT2D eigenvalue weighted by molar-refractivity contribution is 7.93. The number of carbonyl (C=O) groups is 1. The SMILES string of the molecule is Cc1ccc(NS(=O)(=O)c2ccc3c4c(cccc24)C(=O)N3)cc1S(=O)(=O)N1CCOCC1. The number of aryl methyl sites for hydroxylation is 1. The van der Waals surface area contributed by atoms with Gasteiger partial charge in [-0.3, -0.25) is 9.52 Å². The van der Waals surface area contributed by atoms with Crippen molar-refractivity contribution in [3.8, 4) is 0 Å². The van der Waals surface area contributed by atoms with E-state index in [2.05, 4.69) is 10.0 Å². The van der Waals surface area contributed by atoms with Gasteiger partial charge in [-0.25, -0.2) is 16.8 Å². The molecular weight excluding hydrogens is 466 g/mol. The Morgan fingerprint density at radius 2 is 1.73 bits per heavy atom. The summed E-state index contributed by atoms with van der Waals surface area (Å²) in [7, 11) is -7.89. The number of benzene rings is 3. The van der Waals surface area contributed by atoms with E-state index in [1.807, 2.05) is 0 Å². The monoisotopic (exact) mass is 487 g/mol. The van der Waals surface area contributed by atoms with Crippen LogP contribution in [0.5, 0.6) is 0 Å². The number of sulfonamides is 2. The molecule has 0 atom stereocenters. The van der Waals surface area contributed by atoms with E-state index in [0.717, 1.165) is 0 Å². The molecule has 5 rings (SSSR count). The summed E-state index contributed by atoms with van der Waals surface area (Å²) in [6, 6.07) is 12.3. The minimum Gasteiger partial charge on any atom is -0.379 e. The molecule has 1 fully saturated rings. The van der Waals surface area contributed by atoms with Crippen LogP contribution in [0.25, 0.3) is 10.8 Å². The molecule has 0 aliphatic carbocycles. The summed E-state index contributed by atoms with van der Waals surface area (Å²) in [6.45, 7) is 2.77. The lowest BCUT2D eigenvalue weighted by molar-refractivity contribution is 0.0730. The summed E-state index contributed by atoms with van der Waals surface area (Å²) in [5, 5.41) is 3.68. The van der Waals surface area contributed by atoms with Gasteiger partial charge in [0.15, 0.2) is 0 Å². The maximum Gasteiger partial charge on any atom is 0.262 e. The number of nitrogens with zero attached hydrogens (tertiary/aromatic N) is 1. The number of rotatable bonds is 5. The van der Waals surface area contributed by atoms with Crippen molar-refractivity contribution >= 4 is 48.1 Å². The minimum absolute atomic E-state index is 0.00207. The first kappa shape index (κ1) is 21.8. The molecule has 9 nitrogen and oxygen atoms in total. The number of anilines is 2. The maximum atomic E-state index is 13.3. The average molecular weight is 488 g/mol. The fourth-order valence-corrected chi connectivity index (χ4v) is 7.09. The predicted octanol–water partition coefficient (Wildman–Crippen LogP) is 2.54. The fraction of sp³-hybridized carbons (Fsp3) is 0.227. The molecule has 3 aromatic rings. The van der Waals surface area contributed by atoms with E-state index < -0.39 is 20.0 Å². The highest BCUT2D eigenvalue weighted by Crippen LogP contribution is 2.37. The molecule has 11 heteroatoms. The molecule has 0 saturated carbocycles. The molecule has 0 unspecified atom stereocenters. The van der Waals surface area contributed by atoms with E-state index in [0.29, 0.717) is 40.8 Å². The highest BCUT2D eigenvalue weighted by Gasteiger charge is 2.29. The Morgan fingerprint density at radius 1 is 0.970 bits per heavy atom. The normalized spacial score (nSPS) is 16.7. The van der Waals surface area contributed by atoms with E-state index in [9.17, 15) is 21.6 Å². The van der Waals surface area contributed by atoms with Gasteiger partial charge in [-0.15, -0.1) is 0 Å². The van der Waals surface area contributed by atoms with Crippen LogP contribution in [0, 0.1) is 6.92 Å². The Labute approximate surface area is 191 Å². The van der Waals surface area contributed by atoms with Crippen LogP contribution >= 0.6 is 0 Å². The van der Waals surface area contributed by atoms with Crippen molar-refractivity contribution in [1.29, 1.82) is 0 Å². The van der Waals surface area contributed by atoms with Crippen LogP contribution in [0.15, 0.2) is 58.3 Å². The second kappa shape index (κ2) is 7.80. The van der Waals surface area contributed by atoms with Crippen LogP contribution in [0.4, 0.5) is 11.4 Å². The smallest absolute Gasteiger partial charge is 0.262 e. The average Bonchev–Trinajstić information content (AvgIpc) is 3.12. The first-order valence-corrected chi connectivity index (χ1v) is 13.2. The minimum atomic E-state index is -4.08. The molecule has 0 aromatic heterocycles. The van der Waals surface area contributed by atoms with Crippen LogP contribution in [0.1, 0.15) is 15.9 Å². The van der Waals surface area contributed by atoms with Crippen molar-refractivity contribution in [2.75, 3.05) is 36.3 Å². The molecule has 3 aromatic carbocycles. The number of nitrogens with one attached hydrogen (secondary N) is 2. The zero-order chi connectivity index (χ0) is 23.4. The Hall–Kier alpha value is -2.99. The summed E-state index contributed by atoms with van der Waals surface area (Å²) >= 11 is 0. The molecule has 1 saturated heterocycles. The molecule has 2 N–H and O–H groups in total. The largest absolute Gasteiger partial charge is 0.379 e. The number of hydrogen-bond donors (Lipinski definition) is 2. The second-order valence-corrected chi connectivity index (χ2v) is 11.5. The van der Waals surface area contributed by atoms with Gasteiger partial charge in [-0.1, -0.05) is 18.2 Å². The summed E-state index contributed by atoms with van der Waals surface area (Å²) in [5.41, 5.74) is 1.61. The fourth-order valence-electron chi connectivity index (χ4n) is 4.17. The standard InChI is InChI=1S/C22H21N3O6S2/c1-14-5-6-15(13-20(14)33(29,30)25-9-11-31-12-10-25)24-32(27,28)19-8-7-18-21-16(19)3-2-4-17(21)22(26)23-18/h2-8,13,24H,9-12H2,1H3,(H,23,26). The summed E-state index contributed by atoms with van der Waals surface area (Å²) in [5.74, 6) is -0.283. The van der Waals surface area contributed by atoms with E-state index in [4.69, 9.17) is 4.74 Å². The Morgan fingerprint density at radius 3 is 2.48 bits per heavy atom. The van der Waals surface area contributed by atoms with Crippen LogP contribution in [-0.2, 0) is 24.8 Å². The van der Waals surface area contributed by atoms with Gasteiger partial charge in [0, 0.05) is 35.1 Å².